The van der Waals surface area contributed by atoms with Crippen LogP contribution in [-0.2, 0) is 10.5 Å². The number of nitrogens with zero attached hydrogens (tertiary/aromatic N) is 3. The molecule has 0 spiro atoms. The fourth-order valence-electron chi connectivity index (χ4n) is 2.44. The maximum Gasteiger partial charge on any atom is 0.191 e. The van der Waals surface area contributed by atoms with Crippen molar-refractivity contribution in [2.24, 2.45) is 0 Å². The zero-order valence-corrected chi connectivity index (χ0v) is 14.3. The van der Waals surface area contributed by atoms with E-state index >= 15 is 0 Å². The van der Waals surface area contributed by atoms with Crippen LogP contribution in [-0.4, -0.2) is 43.3 Å². The highest BCUT2D eigenvalue weighted by molar-refractivity contribution is 7.98. The van der Waals surface area contributed by atoms with E-state index < -0.39 is 0 Å². The van der Waals surface area contributed by atoms with E-state index in [1.165, 1.54) is 23.9 Å². The van der Waals surface area contributed by atoms with E-state index in [2.05, 4.69) is 20.2 Å². The number of hydrogen-bond acceptors (Lipinski definition) is 7. The average molecular weight is 349 g/mol. The Kier molecular flexibility index (Phi) is 5.37. The lowest BCUT2D eigenvalue weighted by molar-refractivity contribution is 0.122. The Hall–Kier alpha value is -2.06. The van der Waals surface area contributed by atoms with E-state index in [4.69, 9.17) is 10.5 Å². The SMILES string of the molecule is CNc1nc(SCc2ccc(F)cc2)nc(N2CCOCC2)c1N. The number of nitrogens with two attached hydrogens (primary N) is 1. The lowest BCUT2D eigenvalue weighted by Crippen LogP contribution is -2.37. The molecule has 0 amide bonds. The van der Waals surface area contributed by atoms with Crippen LogP contribution in [0.25, 0.3) is 0 Å². The molecule has 128 valence electrons. The summed E-state index contributed by atoms with van der Waals surface area (Å²) in [7, 11) is 1.79. The molecule has 2 heterocycles. The summed E-state index contributed by atoms with van der Waals surface area (Å²) in [5, 5.41) is 3.66. The van der Waals surface area contributed by atoms with Crippen LogP contribution in [0.1, 0.15) is 5.56 Å². The molecule has 0 saturated carbocycles. The predicted molar refractivity (Wildman–Crippen MR) is 95.0 cm³/mol. The highest BCUT2D eigenvalue weighted by Gasteiger charge is 2.19. The maximum absolute atomic E-state index is 13.0. The van der Waals surface area contributed by atoms with Crippen molar-refractivity contribution in [1.82, 2.24) is 9.97 Å². The zero-order valence-electron chi connectivity index (χ0n) is 13.5. The fraction of sp³-hybridized carbons (Fsp3) is 0.375. The van der Waals surface area contributed by atoms with Crippen LogP contribution in [0.2, 0.25) is 0 Å². The smallest absolute Gasteiger partial charge is 0.191 e. The Morgan fingerprint density at radius 2 is 1.96 bits per heavy atom. The normalized spacial score (nSPS) is 14.7. The van der Waals surface area contributed by atoms with Gasteiger partial charge in [0.25, 0.3) is 0 Å². The average Bonchev–Trinajstić information content (AvgIpc) is 2.63. The Labute approximate surface area is 144 Å². The van der Waals surface area contributed by atoms with Crippen LogP contribution in [0.15, 0.2) is 29.4 Å². The van der Waals surface area contributed by atoms with Gasteiger partial charge in [-0.05, 0) is 17.7 Å². The number of nitrogens with one attached hydrogen (secondary N) is 1. The number of morpholine rings is 1. The van der Waals surface area contributed by atoms with Crippen molar-refractivity contribution in [3.05, 3.63) is 35.6 Å². The fourth-order valence-corrected chi connectivity index (χ4v) is 3.23. The van der Waals surface area contributed by atoms with Crippen LogP contribution < -0.4 is 16.0 Å². The third-order valence-electron chi connectivity index (χ3n) is 3.73. The van der Waals surface area contributed by atoms with Gasteiger partial charge in [-0.25, -0.2) is 14.4 Å². The third-order valence-corrected chi connectivity index (χ3v) is 4.65. The van der Waals surface area contributed by atoms with E-state index in [0.717, 1.165) is 24.5 Å². The van der Waals surface area contributed by atoms with Gasteiger partial charge in [-0.2, -0.15) is 0 Å². The van der Waals surface area contributed by atoms with Gasteiger partial charge in [-0.3, -0.25) is 0 Å². The maximum atomic E-state index is 13.0. The standard InChI is InChI=1S/C16H20FN5OS/c1-19-14-13(18)15(22-6-8-23-9-7-22)21-16(20-14)24-10-11-2-4-12(17)5-3-11/h2-5H,6-10,18H2,1H3,(H,19,20,21). The topological polar surface area (TPSA) is 76.3 Å². The number of aromatic nitrogens is 2. The van der Waals surface area contributed by atoms with Gasteiger partial charge >= 0.3 is 0 Å². The van der Waals surface area contributed by atoms with Gasteiger partial charge in [0.15, 0.2) is 16.8 Å². The van der Waals surface area contributed by atoms with Crippen molar-refractivity contribution >= 4 is 29.1 Å². The first kappa shape index (κ1) is 16.8. The van der Waals surface area contributed by atoms with E-state index in [1.807, 2.05) is 0 Å². The largest absolute Gasteiger partial charge is 0.393 e. The molecule has 0 unspecified atom stereocenters. The summed E-state index contributed by atoms with van der Waals surface area (Å²) < 4.78 is 18.4. The summed E-state index contributed by atoms with van der Waals surface area (Å²) in [6.07, 6.45) is 0. The molecule has 0 bridgehead atoms. The molecule has 6 nitrogen and oxygen atoms in total. The monoisotopic (exact) mass is 349 g/mol. The van der Waals surface area contributed by atoms with Crippen LogP contribution in [0.5, 0.6) is 0 Å². The van der Waals surface area contributed by atoms with Crippen molar-refractivity contribution in [3.63, 3.8) is 0 Å². The summed E-state index contributed by atoms with van der Waals surface area (Å²) in [6, 6.07) is 6.44. The molecular weight excluding hydrogens is 329 g/mol. The molecule has 1 aromatic heterocycles. The summed E-state index contributed by atoms with van der Waals surface area (Å²) in [5.74, 6) is 1.78. The first-order valence-corrected chi connectivity index (χ1v) is 8.71. The number of halogens is 1. The van der Waals surface area contributed by atoms with Crippen molar-refractivity contribution in [3.8, 4) is 0 Å². The number of anilines is 3. The molecule has 3 rings (SSSR count). The second-order valence-electron chi connectivity index (χ2n) is 5.36. The number of ether oxygens (including phenoxy) is 1. The molecule has 1 fully saturated rings. The third kappa shape index (κ3) is 3.88. The van der Waals surface area contributed by atoms with E-state index in [9.17, 15) is 4.39 Å². The van der Waals surface area contributed by atoms with E-state index in [-0.39, 0.29) is 5.82 Å². The molecule has 3 N–H and O–H groups in total. The number of thioether (sulfide) groups is 1. The number of benzene rings is 1. The molecule has 1 aliphatic heterocycles. The number of hydrogen-bond donors (Lipinski definition) is 2. The number of nitrogen functional groups attached to an aromatic ring is 1. The Balaban J connectivity index is 1.80. The van der Waals surface area contributed by atoms with E-state index in [1.54, 1.807) is 19.2 Å². The lowest BCUT2D eigenvalue weighted by Gasteiger charge is -2.29. The molecule has 1 aromatic carbocycles. The zero-order chi connectivity index (χ0) is 16.9. The Morgan fingerprint density at radius 1 is 1.25 bits per heavy atom. The first-order valence-electron chi connectivity index (χ1n) is 7.72. The lowest BCUT2D eigenvalue weighted by atomic mass is 10.2. The molecule has 2 aromatic rings. The first-order chi connectivity index (χ1) is 11.7. The molecule has 0 aliphatic carbocycles. The van der Waals surface area contributed by atoms with Crippen molar-refractivity contribution in [1.29, 1.82) is 0 Å². The predicted octanol–water partition coefficient (Wildman–Crippen LogP) is 2.37. The van der Waals surface area contributed by atoms with Crippen molar-refractivity contribution in [2.75, 3.05) is 49.3 Å². The van der Waals surface area contributed by atoms with Gasteiger partial charge < -0.3 is 20.7 Å². The summed E-state index contributed by atoms with van der Waals surface area (Å²) in [5.41, 5.74) is 7.76. The van der Waals surface area contributed by atoms with Gasteiger partial charge in [-0.1, -0.05) is 23.9 Å². The number of rotatable bonds is 5. The Morgan fingerprint density at radius 3 is 2.62 bits per heavy atom. The van der Waals surface area contributed by atoms with Crippen LogP contribution in [0.3, 0.4) is 0 Å². The van der Waals surface area contributed by atoms with Gasteiger partial charge in [0.1, 0.15) is 11.5 Å². The van der Waals surface area contributed by atoms with Crippen molar-refractivity contribution in [2.45, 2.75) is 10.9 Å². The van der Waals surface area contributed by atoms with Crippen molar-refractivity contribution < 1.29 is 9.13 Å². The summed E-state index contributed by atoms with van der Waals surface area (Å²) in [6.45, 7) is 2.84. The summed E-state index contributed by atoms with van der Waals surface area (Å²) >= 11 is 1.50. The molecule has 1 aliphatic rings. The minimum atomic E-state index is -0.237. The highest BCUT2D eigenvalue weighted by Crippen LogP contribution is 2.31. The quantitative estimate of drug-likeness (QED) is 0.634. The molecule has 0 radical (unpaired) electrons. The Bertz CT molecular complexity index is 692. The van der Waals surface area contributed by atoms with E-state index in [0.29, 0.717) is 35.6 Å². The minimum absolute atomic E-state index is 0.237. The molecular formula is C16H20FN5OS. The van der Waals surface area contributed by atoms with Crippen LogP contribution in [0, 0.1) is 5.82 Å². The summed E-state index contributed by atoms with van der Waals surface area (Å²) in [4.78, 5) is 11.2. The van der Waals surface area contributed by atoms with Gasteiger partial charge in [0, 0.05) is 25.9 Å². The van der Waals surface area contributed by atoms with Gasteiger partial charge in [0.05, 0.1) is 13.2 Å². The second-order valence-corrected chi connectivity index (χ2v) is 6.30. The van der Waals surface area contributed by atoms with Crippen LogP contribution >= 0.6 is 11.8 Å². The molecule has 0 atom stereocenters. The second kappa shape index (κ2) is 7.67. The van der Waals surface area contributed by atoms with Crippen LogP contribution in [0.4, 0.5) is 21.7 Å². The van der Waals surface area contributed by atoms with Gasteiger partial charge in [0.2, 0.25) is 0 Å². The molecule has 24 heavy (non-hydrogen) atoms. The highest BCUT2D eigenvalue weighted by atomic mass is 32.2. The molecule has 1 saturated heterocycles. The minimum Gasteiger partial charge on any atom is -0.393 e. The molecule has 8 heteroatoms. The van der Waals surface area contributed by atoms with Gasteiger partial charge in [-0.15, -0.1) is 0 Å².